The molecule has 3 atom stereocenters. The van der Waals surface area contributed by atoms with Gasteiger partial charge in [-0.15, -0.1) is 11.8 Å². The number of carbonyl (C=O) groups excluding carboxylic acids is 1. The lowest BCUT2D eigenvalue weighted by Crippen LogP contribution is -2.48. The molecule has 8 heteroatoms. The van der Waals surface area contributed by atoms with Crippen molar-refractivity contribution >= 4 is 17.7 Å². The molecular formula is C24H38N4O3S. The molecule has 1 amide bonds. The first-order valence-corrected chi connectivity index (χ1v) is 13.6. The summed E-state index contributed by atoms with van der Waals surface area (Å²) in [7, 11) is 2.22. The standard InChI is InChI=1S/C24H38N4O3S/c1-28-18-7-8-19(28)14-17(13-18)26-23(29)21-22(32-20-5-3-2-4-6-20)24(27-31-21)30-15-16-9-11-25-12-10-16/h16-20,25H,2-15H2,1H3,(H,26,29)/t17?,18-,19+. The molecule has 2 N–H and O–H groups in total. The lowest BCUT2D eigenvalue weighted by Gasteiger charge is -2.36. The molecule has 32 heavy (non-hydrogen) atoms. The predicted molar refractivity (Wildman–Crippen MR) is 125 cm³/mol. The number of carbonyl (C=O) groups is 1. The third-order valence-corrected chi connectivity index (χ3v) is 9.41. The molecule has 1 saturated carbocycles. The Morgan fingerprint density at radius 1 is 1.12 bits per heavy atom. The van der Waals surface area contributed by atoms with Gasteiger partial charge in [-0.05, 0) is 82.6 Å². The Labute approximate surface area is 195 Å². The number of nitrogens with zero attached hydrogens (tertiary/aromatic N) is 2. The van der Waals surface area contributed by atoms with Gasteiger partial charge >= 0.3 is 0 Å². The lowest BCUT2D eigenvalue weighted by molar-refractivity contribution is 0.0842. The average Bonchev–Trinajstić information content (AvgIpc) is 3.29. The molecule has 4 fully saturated rings. The number of hydrogen-bond donors (Lipinski definition) is 2. The van der Waals surface area contributed by atoms with Crippen LogP contribution in [-0.4, -0.2) is 66.1 Å². The van der Waals surface area contributed by atoms with Crippen LogP contribution in [0, 0.1) is 5.92 Å². The Balaban J connectivity index is 1.27. The quantitative estimate of drug-likeness (QED) is 0.637. The van der Waals surface area contributed by atoms with Crippen LogP contribution in [0.15, 0.2) is 9.42 Å². The monoisotopic (exact) mass is 462 g/mol. The van der Waals surface area contributed by atoms with Crippen LogP contribution in [-0.2, 0) is 0 Å². The molecule has 0 spiro atoms. The molecule has 5 rings (SSSR count). The zero-order valence-electron chi connectivity index (χ0n) is 19.3. The Kier molecular flexibility index (Phi) is 7.29. The van der Waals surface area contributed by atoms with E-state index >= 15 is 0 Å². The van der Waals surface area contributed by atoms with Crippen LogP contribution < -0.4 is 15.4 Å². The summed E-state index contributed by atoms with van der Waals surface area (Å²) in [4.78, 5) is 16.6. The highest BCUT2D eigenvalue weighted by Gasteiger charge is 2.39. The minimum Gasteiger partial charge on any atom is -0.474 e. The molecule has 2 bridgehead atoms. The summed E-state index contributed by atoms with van der Waals surface area (Å²) in [5, 5.41) is 11.4. The van der Waals surface area contributed by atoms with Crippen molar-refractivity contribution in [3.63, 3.8) is 0 Å². The zero-order valence-corrected chi connectivity index (χ0v) is 20.1. The van der Waals surface area contributed by atoms with Crippen LogP contribution in [0.5, 0.6) is 5.88 Å². The van der Waals surface area contributed by atoms with E-state index in [1.165, 1.54) is 44.9 Å². The van der Waals surface area contributed by atoms with E-state index in [0.29, 0.717) is 41.5 Å². The van der Waals surface area contributed by atoms with Gasteiger partial charge < -0.3 is 24.8 Å². The van der Waals surface area contributed by atoms with E-state index in [1.54, 1.807) is 11.8 Å². The van der Waals surface area contributed by atoms with Crippen molar-refractivity contribution in [2.24, 2.45) is 5.92 Å². The van der Waals surface area contributed by atoms with Gasteiger partial charge in [-0.2, -0.15) is 0 Å². The van der Waals surface area contributed by atoms with Crippen molar-refractivity contribution in [3.05, 3.63) is 5.76 Å². The normalized spacial score (nSPS) is 29.8. The highest BCUT2D eigenvalue weighted by Crippen LogP contribution is 2.41. The largest absolute Gasteiger partial charge is 0.474 e. The molecule has 178 valence electrons. The predicted octanol–water partition coefficient (Wildman–Crippen LogP) is 3.83. The van der Waals surface area contributed by atoms with Crippen LogP contribution in [0.3, 0.4) is 0 Å². The number of amides is 1. The average molecular weight is 463 g/mol. The van der Waals surface area contributed by atoms with Gasteiger partial charge in [0.1, 0.15) is 4.90 Å². The van der Waals surface area contributed by atoms with E-state index in [0.717, 1.165) is 43.7 Å². The molecule has 3 aliphatic heterocycles. The number of hydrogen-bond acceptors (Lipinski definition) is 7. The van der Waals surface area contributed by atoms with Gasteiger partial charge in [-0.3, -0.25) is 4.79 Å². The topological polar surface area (TPSA) is 79.6 Å². The van der Waals surface area contributed by atoms with Crippen molar-refractivity contribution in [1.82, 2.24) is 20.7 Å². The number of fused-ring (bicyclic) bond motifs is 2. The molecule has 1 aromatic heterocycles. The molecule has 0 radical (unpaired) electrons. The van der Waals surface area contributed by atoms with Gasteiger partial charge in [0.25, 0.3) is 11.8 Å². The van der Waals surface area contributed by atoms with Crippen LogP contribution in [0.25, 0.3) is 0 Å². The fourth-order valence-electron chi connectivity index (χ4n) is 5.98. The summed E-state index contributed by atoms with van der Waals surface area (Å²) in [6.07, 6.45) is 13.0. The molecular weight excluding hydrogens is 424 g/mol. The maximum atomic E-state index is 13.3. The second-order valence-corrected chi connectivity index (χ2v) is 11.5. The van der Waals surface area contributed by atoms with E-state index < -0.39 is 0 Å². The zero-order chi connectivity index (χ0) is 21.9. The minimum atomic E-state index is -0.124. The second-order valence-electron chi connectivity index (χ2n) is 10.2. The fraction of sp³-hybridized carbons (Fsp3) is 0.833. The number of rotatable bonds is 7. The van der Waals surface area contributed by atoms with Crippen molar-refractivity contribution in [1.29, 1.82) is 0 Å². The highest BCUT2D eigenvalue weighted by atomic mass is 32.2. The van der Waals surface area contributed by atoms with Crippen LogP contribution >= 0.6 is 11.8 Å². The van der Waals surface area contributed by atoms with Crippen LogP contribution in [0.4, 0.5) is 0 Å². The van der Waals surface area contributed by atoms with E-state index in [9.17, 15) is 4.79 Å². The highest BCUT2D eigenvalue weighted by molar-refractivity contribution is 8.00. The van der Waals surface area contributed by atoms with Crippen molar-refractivity contribution in [3.8, 4) is 5.88 Å². The van der Waals surface area contributed by atoms with Crippen LogP contribution in [0.1, 0.15) is 81.2 Å². The summed E-state index contributed by atoms with van der Waals surface area (Å²) in [5.41, 5.74) is 0. The molecule has 1 aromatic rings. The molecule has 1 unspecified atom stereocenters. The molecule has 3 saturated heterocycles. The molecule has 0 aromatic carbocycles. The van der Waals surface area contributed by atoms with Crippen molar-refractivity contribution < 1.29 is 14.1 Å². The van der Waals surface area contributed by atoms with E-state index in [-0.39, 0.29) is 11.9 Å². The van der Waals surface area contributed by atoms with E-state index in [4.69, 9.17) is 9.26 Å². The lowest BCUT2D eigenvalue weighted by atomic mass is 9.98. The summed E-state index contributed by atoms with van der Waals surface area (Å²) >= 11 is 1.75. The van der Waals surface area contributed by atoms with Gasteiger partial charge in [0.05, 0.1) is 6.61 Å². The van der Waals surface area contributed by atoms with Crippen LogP contribution in [0.2, 0.25) is 0 Å². The number of piperidine rings is 2. The van der Waals surface area contributed by atoms with E-state index in [2.05, 4.69) is 27.7 Å². The summed E-state index contributed by atoms with van der Waals surface area (Å²) in [5.74, 6) is 1.29. The maximum Gasteiger partial charge on any atom is 0.291 e. The molecule has 7 nitrogen and oxygen atoms in total. The maximum absolute atomic E-state index is 13.3. The van der Waals surface area contributed by atoms with Crippen molar-refractivity contribution in [2.75, 3.05) is 26.7 Å². The number of nitrogens with one attached hydrogen (secondary N) is 2. The third kappa shape index (κ3) is 5.12. The Morgan fingerprint density at radius 2 is 1.84 bits per heavy atom. The Bertz CT molecular complexity index is 761. The van der Waals surface area contributed by atoms with E-state index in [1.807, 2.05) is 0 Å². The summed E-state index contributed by atoms with van der Waals surface area (Å²) in [6, 6.07) is 1.40. The SMILES string of the molecule is CN1[C@@H]2CC[C@H]1CC(NC(=O)c1onc(OCC3CCNCC3)c1SC1CCCCC1)C2. The first kappa shape index (κ1) is 22.5. The van der Waals surface area contributed by atoms with Gasteiger partial charge in [0.15, 0.2) is 0 Å². The van der Waals surface area contributed by atoms with Crippen molar-refractivity contribution in [2.45, 2.75) is 98.9 Å². The van der Waals surface area contributed by atoms with Gasteiger partial charge in [0, 0.05) is 23.4 Å². The number of thioether (sulfide) groups is 1. The molecule has 4 heterocycles. The Morgan fingerprint density at radius 3 is 2.56 bits per heavy atom. The first-order chi connectivity index (χ1) is 15.7. The van der Waals surface area contributed by atoms with Gasteiger partial charge in [-0.25, -0.2) is 0 Å². The second kappa shape index (κ2) is 10.3. The first-order valence-electron chi connectivity index (χ1n) is 12.7. The minimum absolute atomic E-state index is 0.124. The Hall–Kier alpha value is -1.25. The molecule has 4 aliphatic rings. The summed E-state index contributed by atoms with van der Waals surface area (Å²) < 4.78 is 11.8. The molecule has 1 aliphatic carbocycles. The smallest absolute Gasteiger partial charge is 0.291 e. The number of ether oxygens (including phenoxy) is 1. The number of aromatic nitrogens is 1. The van der Waals surface area contributed by atoms with Gasteiger partial charge in [0.2, 0.25) is 5.76 Å². The third-order valence-electron chi connectivity index (χ3n) is 8.01. The van der Waals surface area contributed by atoms with Gasteiger partial charge in [-0.1, -0.05) is 19.3 Å². The summed E-state index contributed by atoms with van der Waals surface area (Å²) in [6.45, 7) is 2.73. The fourth-order valence-corrected chi connectivity index (χ4v) is 7.32.